The van der Waals surface area contributed by atoms with Gasteiger partial charge in [-0.05, 0) is 43.5 Å². The molecule has 0 radical (unpaired) electrons. The summed E-state index contributed by atoms with van der Waals surface area (Å²) in [5.41, 5.74) is 1.72. The van der Waals surface area contributed by atoms with Crippen molar-refractivity contribution in [3.63, 3.8) is 0 Å². The van der Waals surface area contributed by atoms with Gasteiger partial charge in [0.1, 0.15) is 0 Å². The maximum atomic E-state index is 10.5. The number of thiophene rings is 1. The fourth-order valence-electron chi connectivity index (χ4n) is 1.67. The van der Waals surface area contributed by atoms with Crippen LogP contribution in [0.15, 0.2) is 37.9 Å². The first-order valence-electron chi connectivity index (χ1n) is 5.33. The lowest BCUT2D eigenvalue weighted by molar-refractivity contribution is -0.384. The summed E-state index contributed by atoms with van der Waals surface area (Å²) in [6.45, 7) is 0. The fraction of sp³-hybridized carbons (Fsp3) is 0.167. The maximum Gasteiger partial charge on any atom is 0.269 e. The minimum absolute atomic E-state index is 0.0534. The van der Waals surface area contributed by atoms with Crippen LogP contribution in [-0.2, 0) is 6.42 Å². The zero-order valence-electron chi connectivity index (χ0n) is 9.55. The number of nitrogens with zero attached hydrogens (tertiary/aromatic N) is 1. The van der Waals surface area contributed by atoms with Crippen molar-refractivity contribution in [1.29, 1.82) is 0 Å². The number of hydrogen-bond donors (Lipinski definition) is 1. The Kier molecular flexibility index (Phi) is 4.72. The van der Waals surface area contributed by atoms with E-state index < -0.39 is 11.0 Å². The first kappa shape index (κ1) is 14.6. The van der Waals surface area contributed by atoms with Crippen molar-refractivity contribution in [2.24, 2.45) is 0 Å². The first-order chi connectivity index (χ1) is 8.97. The third-order valence-corrected chi connectivity index (χ3v) is 5.00. The molecule has 1 unspecified atom stereocenters. The highest BCUT2D eigenvalue weighted by molar-refractivity contribution is 9.12. The van der Waals surface area contributed by atoms with Crippen LogP contribution in [0.2, 0.25) is 0 Å². The molecule has 2 rings (SSSR count). The largest absolute Gasteiger partial charge is 0.388 e. The van der Waals surface area contributed by atoms with E-state index in [1.165, 1.54) is 23.5 Å². The van der Waals surface area contributed by atoms with E-state index in [1.54, 1.807) is 12.1 Å². The molecule has 0 saturated heterocycles. The number of aliphatic hydroxyl groups is 1. The minimum atomic E-state index is -0.640. The van der Waals surface area contributed by atoms with Crippen LogP contribution in [0.3, 0.4) is 0 Å². The Balaban J connectivity index is 2.12. The molecule has 1 N–H and O–H groups in total. The van der Waals surface area contributed by atoms with E-state index in [2.05, 4.69) is 31.9 Å². The number of halogens is 2. The Hall–Kier alpha value is -0.760. The number of non-ortho nitro benzene ring substituents is 1. The van der Waals surface area contributed by atoms with E-state index >= 15 is 0 Å². The van der Waals surface area contributed by atoms with E-state index in [4.69, 9.17) is 0 Å². The average molecular weight is 407 g/mol. The molecule has 1 heterocycles. The monoisotopic (exact) mass is 405 g/mol. The molecule has 1 aromatic heterocycles. The van der Waals surface area contributed by atoms with Gasteiger partial charge in [-0.2, -0.15) is 0 Å². The number of hydrogen-bond acceptors (Lipinski definition) is 4. The minimum Gasteiger partial charge on any atom is -0.388 e. The molecule has 0 fully saturated rings. The lowest BCUT2D eigenvalue weighted by atomic mass is 10.0. The summed E-state index contributed by atoms with van der Waals surface area (Å²) in [7, 11) is 0. The van der Waals surface area contributed by atoms with Gasteiger partial charge in [0.2, 0.25) is 0 Å². The van der Waals surface area contributed by atoms with Crippen LogP contribution < -0.4 is 0 Å². The third kappa shape index (κ3) is 3.62. The van der Waals surface area contributed by atoms with Crippen LogP contribution in [0.1, 0.15) is 17.2 Å². The van der Waals surface area contributed by atoms with Crippen molar-refractivity contribution in [3.8, 4) is 0 Å². The number of aliphatic hydroxyl groups excluding tert-OH is 1. The Morgan fingerprint density at radius 2 is 1.95 bits per heavy atom. The second-order valence-corrected chi connectivity index (χ2v) is 7.67. The van der Waals surface area contributed by atoms with E-state index in [9.17, 15) is 15.2 Å². The standard InChI is InChI=1S/C12H9Br2NO3S/c13-11-6-9(12(14)19-11)10(16)5-7-1-3-8(4-2-7)15(17)18/h1-4,6,10,16H,5H2. The molecule has 100 valence electrons. The van der Waals surface area contributed by atoms with E-state index in [-0.39, 0.29) is 5.69 Å². The Morgan fingerprint density at radius 1 is 1.32 bits per heavy atom. The van der Waals surface area contributed by atoms with Crippen molar-refractivity contribution >= 4 is 48.9 Å². The predicted molar refractivity (Wildman–Crippen MR) is 81.5 cm³/mol. The van der Waals surface area contributed by atoms with Gasteiger partial charge in [0.15, 0.2) is 0 Å². The molecule has 4 nitrogen and oxygen atoms in total. The molecule has 2 aromatic rings. The summed E-state index contributed by atoms with van der Waals surface area (Å²) in [6.07, 6.45) is -0.224. The zero-order chi connectivity index (χ0) is 14.0. The number of nitro benzene ring substituents is 1. The number of nitro groups is 1. The van der Waals surface area contributed by atoms with Gasteiger partial charge in [-0.3, -0.25) is 10.1 Å². The summed E-state index contributed by atoms with van der Waals surface area (Å²) in [5, 5.41) is 20.7. The SMILES string of the molecule is O=[N+]([O-])c1ccc(CC(O)c2cc(Br)sc2Br)cc1. The molecule has 1 atom stereocenters. The summed E-state index contributed by atoms with van der Waals surface area (Å²) in [4.78, 5) is 10.1. The van der Waals surface area contributed by atoms with Gasteiger partial charge in [-0.15, -0.1) is 11.3 Å². The highest BCUT2D eigenvalue weighted by Gasteiger charge is 2.15. The normalized spacial score (nSPS) is 12.4. The Morgan fingerprint density at radius 3 is 2.42 bits per heavy atom. The lowest BCUT2D eigenvalue weighted by Crippen LogP contribution is -2.01. The van der Waals surface area contributed by atoms with Gasteiger partial charge in [0.25, 0.3) is 5.69 Å². The molecular formula is C12H9Br2NO3S. The second-order valence-electron chi connectivity index (χ2n) is 3.92. The van der Waals surface area contributed by atoms with Crippen molar-refractivity contribution in [1.82, 2.24) is 0 Å². The fourth-order valence-corrected chi connectivity index (χ4v) is 4.62. The van der Waals surface area contributed by atoms with E-state index in [0.29, 0.717) is 6.42 Å². The van der Waals surface area contributed by atoms with Crippen LogP contribution in [0.25, 0.3) is 0 Å². The molecule has 0 aliphatic heterocycles. The molecule has 0 spiro atoms. The maximum absolute atomic E-state index is 10.5. The van der Waals surface area contributed by atoms with Crippen molar-refractivity contribution in [2.75, 3.05) is 0 Å². The summed E-state index contributed by atoms with van der Waals surface area (Å²) >= 11 is 8.26. The van der Waals surface area contributed by atoms with Gasteiger partial charge in [0, 0.05) is 24.1 Å². The molecule has 0 amide bonds. The molecule has 7 heteroatoms. The molecule has 19 heavy (non-hydrogen) atoms. The summed E-state index contributed by atoms with van der Waals surface area (Å²) in [5.74, 6) is 0. The van der Waals surface area contributed by atoms with Crippen LogP contribution >= 0.6 is 43.2 Å². The van der Waals surface area contributed by atoms with Crippen molar-refractivity contribution in [2.45, 2.75) is 12.5 Å². The lowest BCUT2D eigenvalue weighted by Gasteiger charge is -2.09. The highest BCUT2D eigenvalue weighted by Crippen LogP contribution is 2.36. The topological polar surface area (TPSA) is 63.4 Å². The quantitative estimate of drug-likeness (QED) is 0.602. The van der Waals surface area contributed by atoms with E-state index in [1.807, 2.05) is 6.07 Å². The average Bonchev–Trinajstić information content (AvgIpc) is 2.69. The molecule has 0 aliphatic rings. The molecule has 0 saturated carbocycles. The van der Waals surface area contributed by atoms with Gasteiger partial charge in [-0.25, -0.2) is 0 Å². The Bertz CT molecular complexity index is 598. The van der Waals surface area contributed by atoms with Crippen LogP contribution in [-0.4, -0.2) is 10.0 Å². The van der Waals surface area contributed by atoms with Crippen LogP contribution in [0.4, 0.5) is 5.69 Å². The van der Waals surface area contributed by atoms with Crippen molar-refractivity contribution < 1.29 is 10.0 Å². The molecule has 0 aliphatic carbocycles. The molecular weight excluding hydrogens is 398 g/mol. The summed E-state index contributed by atoms with van der Waals surface area (Å²) in [6, 6.07) is 8.08. The molecule has 0 bridgehead atoms. The van der Waals surface area contributed by atoms with Gasteiger partial charge >= 0.3 is 0 Å². The zero-order valence-corrected chi connectivity index (χ0v) is 13.5. The van der Waals surface area contributed by atoms with Gasteiger partial charge in [-0.1, -0.05) is 12.1 Å². The first-order valence-corrected chi connectivity index (χ1v) is 7.73. The van der Waals surface area contributed by atoms with Gasteiger partial charge < -0.3 is 5.11 Å². The van der Waals surface area contributed by atoms with Gasteiger partial charge in [0.05, 0.1) is 18.6 Å². The number of benzene rings is 1. The number of rotatable bonds is 4. The van der Waals surface area contributed by atoms with E-state index in [0.717, 1.165) is 18.7 Å². The second kappa shape index (κ2) is 6.13. The predicted octanol–water partition coefficient (Wildman–Crippen LogP) is 4.46. The highest BCUT2D eigenvalue weighted by atomic mass is 79.9. The van der Waals surface area contributed by atoms with Crippen LogP contribution in [0, 0.1) is 10.1 Å². The third-order valence-electron chi connectivity index (χ3n) is 2.62. The smallest absolute Gasteiger partial charge is 0.269 e. The van der Waals surface area contributed by atoms with Crippen LogP contribution in [0.5, 0.6) is 0 Å². The van der Waals surface area contributed by atoms with Crippen molar-refractivity contribution in [3.05, 3.63) is 59.1 Å². The Labute approximate surface area is 130 Å². The summed E-state index contributed by atoms with van der Waals surface area (Å²) < 4.78 is 1.82. The molecule has 1 aromatic carbocycles.